The van der Waals surface area contributed by atoms with Crippen LogP contribution in [0, 0.1) is 17.1 Å². The molecule has 4 aromatic heterocycles. The van der Waals surface area contributed by atoms with Crippen LogP contribution in [0.1, 0.15) is 60.2 Å². The van der Waals surface area contributed by atoms with Crippen LogP contribution in [0.4, 0.5) is 10.2 Å². The predicted octanol–water partition coefficient (Wildman–Crippen LogP) is 7.14. The number of amides is 1. The quantitative estimate of drug-likeness (QED) is 0.177. The van der Waals surface area contributed by atoms with Crippen LogP contribution < -0.4 is 5.32 Å². The van der Waals surface area contributed by atoms with Gasteiger partial charge in [0.1, 0.15) is 17.3 Å². The molecule has 244 valence electrons. The van der Waals surface area contributed by atoms with E-state index in [4.69, 9.17) is 15.3 Å². The lowest BCUT2D eigenvalue weighted by Crippen LogP contribution is -2.35. The largest absolute Gasteiger partial charge is 0.323 e. The number of piperidine rings is 1. The summed E-state index contributed by atoms with van der Waals surface area (Å²) >= 11 is 0. The Labute approximate surface area is 282 Å². The molecule has 1 saturated carbocycles. The lowest BCUT2D eigenvalue weighted by atomic mass is 10.0. The summed E-state index contributed by atoms with van der Waals surface area (Å²) < 4.78 is 18.1. The maximum absolute atomic E-state index is 14.0. The van der Waals surface area contributed by atoms with Crippen molar-refractivity contribution in [2.45, 2.75) is 44.1 Å². The number of hydrogen-bond donors (Lipinski definition) is 1. The van der Waals surface area contributed by atoms with Gasteiger partial charge >= 0.3 is 0 Å². The number of likely N-dealkylation sites (tertiary alicyclic amines) is 1. The number of nitriles is 1. The molecule has 2 aliphatic rings. The van der Waals surface area contributed by atoms with Crippen LogP contribution in [0.5, 0.6) is 0 Å². The Hall–Kier alpha value is -5.73. The number of benzene rings is 2. The number of nitrogens with zero attached hydrogens (tertiary/aromatic N) is 8. The van der Waals surface area contributed by atoms with Crippen LogP contribution in [0.15, 0.2) is 91.4 Å². The van der Waals surface area contributed by atoms with Gasteiger partial charge in [-0.2, -0.15) is 10.4 Å². The molecule has 0 atom stereocenters. The summed E-state index contributed by atoms with van der Waals surface area (Å²) in [7, 11) is 0. The number of aromatic nitrogens is 6. The van der Waals surface area contributed by atoms with Crippen LogP contribution in [-0.4, -0.2) is 59.6 Å². The summed E-state index contributed by atoms with van der Waals surface area (Å²) in [6, 6.07) is 24.0. The summed E-state index contributed by atoms with van der Waals surface area (Å²) in [5, 5.41) is 17.0. The average molecular weight is 652 g/mol. The van der Waals surface area contributed by atoms with Crippen molar-refractivity contribution >= 4 is 17.4 Å². The number of rotatable bonds is 9. The highest BCUT2D eigenvalue weighted by molar-refractivity contribution is 6.04. The van der Waals surface area contributed by atoms with E-state index in [9.17, 15) is 9.18 Å². The van der Waals surface area contributed by atoms with Crippen molar-refractivity contribution in [2.75, 3.05) is 25.0 Å². The number of carbonyl (C=O) groups is 1. The molecular weight excluding hydrogens is 617 g/mol. The molecule has 0 unspecified atom stereocenters. The first-order chi connectivity index (χ1) is 24.0. The SMILES string of the molecule is N#CCCN1CCC(n2c(C3CC3)nc(-c3ccc(F)cc3)c2-c2ccc3nc(NC(=O)c4cccc(-c5cccnc5)c4)cn3n2)CC1. The third-order valence-electron chi connectivity index (χ3n) is 9.38. The third-order valence-corrected chi connectivity index (χ3v) is 9.38. The molecule has 0 radical (unpaired) electrons. The molecule has 2 fully saturated rings. The molecular formula is C38H34FN9O. The van der Waals surface area contributed by atoms with Gasteiger partial charge in [0.15, 0.2) is 11.5 Å². The van der Waals surface area contributed by atoms with E-state index in [0.717, 1.165) is 84.9 Å². The number of nitrogens with one attached hydrogen (secondary N) is 1. The summed E-state index contributed by atoms with van der Waals surface area (Å²) in [5.74, 6) is 1.24. The number of hydrogen-bond acceptors (Lipinski definition) is 7. The lowest BCUT2D eigenvalue weighted by molar-refractivity contribution is 0.102. The fourth-order valence-corrected chi connectivity index (χ4v) is 6.74. The Bertz CT molecular complexity index is 2170. The van der Waals surface area contributed by atoms with Gasteiger partial charge in [0.05, 0.1) is 23.7 Å². The maximum Gasteiger partial charge on any atom is 0.256 e. The topological polar surface area (TPSA) is 117 Å². The molecule has 1 saturated heterocycles. The number of anilines is 1. The van der Waals surface area contributed by atoms with Crippen LogP contribution in [0.3, 0.4) is 0 Å². The minimum atomic E-state index is -0.298. The van der Waals surface area contributed by atoms with Gasteiger partial charge in [-0.1, -0.05) is 18.2 Å². The molecule has 49 heavy (non-hydrogen) atoms. The summed E-state index contributed by atoms with van der Waals surface area (Å²) in [5.41, 5.74) is 6.15. The second-order valence-electron chi connectivity index (χ2n) is 12.7. The van der Waals surface area contributed by atoms with Crippen molar-refractivity contribution in [3.63, 3.8) is 0 Å². The molecule has 0 bridgehead atoms. The van der Waals surface area contributed by atoms with Crippen molar-refractivity contribution in [1.82, 2.24) is 34.0 Å². The zero-order valence-corrected chi connectivity index (χ0v) is 26.8. The van der Waals surface area contributed by atoms with Gasteiger partial charge in [0, 0.05) is 67.1 Å². The van der Waals surface area contributed by atoms with Gasteiger partial charge in [-0.15, -0.1) is 0 Å². The molecule has 11 heteroatoms. The molecule has 10 nitrogen and oxygen atoms in total. The van der Waals surface area contributed by atoms with Crippen LogP contribution >= 0.6 is 0 Å². The van der Waals surface area contributed by atoms with Crippen LogP contribution in [-0.2, 0) is 0 Å². The standard InChI is InChI=1S/C38H34FN9O/c39-30-11-9-25(10-12-30)35-36(48(37(44-35)26-7-8-26)31-15-20-46(21-16-31)19-3-17-40)32-13-14-34-42-33(24-47(34)45-32)43-38(49)28-5-1-4-27(22-28)29-6-2-18-41-23-29/h1-2,4-6,9-14,18,22-24,26,31H,3,7-8,15-16,19-21H2,(H,43,49). The van der Waals surface area contributed by atoms with E-state index in [0.29, 0.717) is 29.4 Å². The second kappa shape index (κ2) is 13.1. The van der Waals surface area contributed by atoms with E-state index >= 15 is 0 Å². The molecule has 0 spiro atoms. The number of pyridine rings is 1. The summed E-state index contributed by atoms with van der Waals surface area (Å²) in [6.07, 6.45) is 9.77. The zero-order chi connectivity index (χ0) is 33.3. The lowest BCUT2D eigenvalue weighted by Gasteiger charge is -2.33. The molecule has 2 aromatic carbocycles. The Morgan fingerprint density at radius 3 is 2.51 bits per heavy atom. The van der Waals surface area contributed by atoms with Crippen molar-refractivity contribution in [3.05, 3.63) is 109 Å². The van der Waals surface area contributed by atoms with E-state index in [1.165, 1.54) is 12.1 Å². The number of imidazole rings is 2. The van der Waals surface area contributed by atoms with Gasteiger partial charge in [0.25, 0.3) is 5.91 Å². The third kappa shape index (κ3) is 6.30. The molecule has 5 heterocycles. The van der Waals surface area contributed by atoms with Gasteiger partial charge in [0.2, 0.25) is 0 Å². The van der Waals surface area contributed by atoms with Crippen LogP contribution in [0.25, 0.3) is 39.4 Å². The Balaban J connectivity index is 1.14. The highest BCUT2D eigenvalue weighted by atomic mass is 19.1. The molecule has 1 aliphatic carbocycles. The second-order valence-corrected chi connectivity index (χ2v) is 12.7. The zero-order valence-electron chi connectivity index (χ0n) is 26.8. The van der Waals surface area contributed by atoms with E-state index in [-0.39, 0.29) is 17.8 Å². The molecule has 1 N–H and O–H groups in total. The smallest absolute Gasteiger partial charge is 0.256 e. The van der Waals surface area contributed by atoms with E-state index in [1.807, 2.05) is 42.5 Å². The van der Waals surface area contributed by atoms with Crippen molar-refractivity contribution in [2.24, 2.45) is 0 Å². The summed E-state index contributed by atoms with van der Waals surface area (Å²) in [6.45, 7) is 2.59. The molecule has 1 amide bonds. The number of fused-ring (bicyclic) bond motifs is 1. The normalized spacial score (nSPS) is 15.3. The number of carbonyl (C=O) groups excluding carboxylic acids is 1. The molecule has 8 rings (SSSR count). The van der Waals surface area contributed by atoms with Gasteiger partial charge < -0.3 is 14.8 Å². The summed E-state index contributed by atoms with van der Waals surface area (Å²) in [4.78, 5) is 29.7. The van der Waals surface area contributed by atoms with Crippen molar-refractivity contribution in [3.8, 4) is 39.8 Å². The Morgan fingerprint density at radius 2 is 1.76 bits per heavy atom. The monoisotopic (exact) mass is 651 g/mol. The van der Waals surface area contributed by atoms with Crippen LogP contribution in [0.2, 0.25) is 0 Å². The van der Waals surface area contributed by atoms with Crippen molar-refractivity contribution in [1.29, 1.82) is 5.26 Å². The maximum atomic E-state index is 14.0. The first-order valence-corrected chi connectivity index (χ1v) is 16.7. The predicted molar refractivity (Wildman–Crippen MR) is 184 cm³/mol. The average Bonchev–Trinajstić information content (AvgIpc) is 3.79. The van der Waals surface area contributed by atoms with Crippen molar-refractivity contribution < 1.29 is 9.18 Å². The van der Waals surface area contributed by atoms with E-state index in [2.05, 4.69) is 30.8 Å². The minimum absolute atomic E-state index is 0.211. The minimum Gasteiger partial charge on any atom is -0.323 e. The highest BCUT2D eigenvalue weighted by Crippen LogP contribution is 2.46. The molecule has 1 aliphatic heterocycles. The fraction of sp³-hybridized carbons (Fsp3) is 0.263. The van der Waals surface area contributed by atoms with E-state index < -0.39 is 0 Å². The number of halogens is 1. The van der Waals surface area contributed by atoms with Gasteiger partial charge in [-0.25, -0.2) is 18.9 Å². The van der Waals surface area contributed by atoms with Gasteiger partial charge in [-0.3, -0.25) is 9.78 Å². The van der Waals surface area contributed by atoms with Gasteiger partial charge in [-0.05, 0) is 85.8 Å². The molecule has 6 aromatic rings. The fourth-order valence-electron chi connectivity index (χ4n) is 6.74. The van der Waals surface area contributed by atoms with E-state index in [1.54, 1.807) is 41.3 Å². The Morgan fingerprint density at radius 1 is 0.939 bits per heavy atom. The highest BCUT2D eigenvalue weighted by Gasteiger charge is 2.36. The first kappa shape index (κ1) is 30.6. The first-order valence-electron chi connectivity index (χ1n) is 16.7. The Kier molecular flexibility index (Phi) is 8.15.